The smallest absolute Gasteiger partial charge is 0.172 e. The molecule has 0 aromatic heterocycles. The Balaban J connectivity index is 2.65. The van der Waals surface area contributed by atoms with Gasteiger partial charge in [-0.3, -0.25) is 0 Å². The van der Waals surface area contributed by atoms with Crippen LogP contribution in [-0.4, -0.2) is 57.9 Å². The van der Waals surface area contributed by atoms with Gasteiger partial charge in [-0.05, 0) is 13.8 Å². The van der Waals surface area contributed by atoms with Crippen molar-refractivity contribution in [2.45, 2.75) is 49.8 Å². The zero-order valence-electron chi connectivity index (χ0n) is 8.78. The number of hydrogen-bond acceptors (Lipinski definition) is 6. The fourth-order valence-electron chi connectivity index (χ4n) is 1.45. The molecular formula is C9H18O5S. The van der Waals surface area contributed by atoms with Crippen molar-refractivity contribution < 1.29 is 24.8 Å². The highest BCUT2D eigenvalue weighted by atomic mass is 32.1. The summed E-state index contributed by atoms with van der Waals surface area (Å²) in [4.78, 5) is 0. The van der Waals surface area contributed by atoms with Crippen LogP contribution in [0.15, 0.2) is 0 Å². The van der Waals surface area contributed by atoms with E-state index in [1.807, 2.05) is 13.8 Å². The Morgan fingerprint density at radius 3 is 2.40 bits per heavy atom. The van der Waals surface area contributed by atoms with Gasteiger partial charge in [-0.1, -0.05) is 0 Å². The lowest BCUT2D eigenvalue weighted by atomic mass is 10.0. The molecule has 0 radical (unpaired) electrons. The molecule has 15 heavy (non-hydrogen) atoms. The maximum atomic E-state index is 9.63. The zero-order valence-corrected chi connectivity index (χ0v) is 9.67. The van der Waals surface area contributed by atoms with Crippen molar-refractivity contribution >= 4 is 12.6 Å². The maximum absolute atomic E-state index is 9.63. The van der Waals surface area contributed by atoms with Gasteiger partial charge in [0.2, 0.25) is 0 Å². The maximum Gasteiger partial charge on any atom is 0.172 e. The first-order valence-electron chi connectivity index (χ1n) is 4.93. The van der Waals surface area contributed by atoms with Gasteiger partial charge in [0, 0.05) is 0 Å². The number of aliphatic hydroxyl groups excluding tert-OH is 3. The average molecular weight is 238 g/mol. The van der Waals surface area contributed by atoms with E-state index in [2.05, 4.69) is 12.6 Å². The first-order valence-corrected chi connectivity index (χ1v) is 5.45. The van der Waals surface area contributed by atoms with Gasteiger partial charge in [0.25, 0.3) is 0 Å². The quantitative estimate of drug-likeness (QED) is 0.482. The fourth-order valence-corrected chi connectivity index (χ4v) is 1.76. The Labute approximate surface area is 94.4 Å². The summed E-state index contributed by atoms with van der Waals surface area (Å²) in [5.74, 6) is 0. The SMILES string of the molecule is CC(C)OC1O[C@H](CO)[C@H](O)[C@H](O)[C@H]1S. The highest BCUT2D eigenvalue weighted by Gasteiger charge is 2.43. The van der Waals surface area contributed by atoms with Gasteiger partial charge < -0.3 is 24.8 Å². The lowest BCUT2D eigenvalue weighted by molar-refractivity contribution is -0.261. The fraction of sp³-hybridized carbons (Fsp3) is 1.00. The Morgan fingerprint density at radius 2 is 1.93 bits per heavy atom. The van der Waals surface area contributed by atoms with Crippen LogP contribution >= 0.6 is 12.6 Å². The standard InChI is InChI=1S/C9H18O5S/c1-4(2)13-9-8(15)7(12)6(11)5(3-10)14-9/h4-12,15H,3H2,1-2H3/t5-,6+,7+,8-,9?/m1/s1. The van der Waals surface area contributed by atoms with Gasteiger partial charge in [-0.25, -0.2) is 0 Å². The number of ether oxygens (including phenoxy) is 2. The van der Waals surface area contributed by atoms with E-state index >= 15 is 0 Å². The largest absolute Gasteiger partial charge is 0.394 e. The zero-order chi connectivity index (χ0) is 11.6. The van der Waals surface area contributed by atoms with Crippen LogP contribution in [0.5, 0.6) is 0 Å². The third-order valence-corrected chi connectivity index (χ3v) is 2.80. The first-order chi connectivity index (χ1) is 6.97. The van der Waals surface area contributed by atoms with E-state index in [0.717, 1.165) is 0 Å². The molecule has 0 amide bonds. The molecule has 1 rings (SSSR count). The minimum atomic E-state index is -1.13. The first kappa shape index (κ1) is 13.2. The van der Waals surface area contributed by atoms with Crippen molar-refractivity contribution in [3.8, 4) is 0 Å². The summed E-state index contributed by atoms with van der Waals surface area (Å²) in [6.07, 6.45) is -3.82. The molecule has 0 aromatic rings. The van der Waals surface area contributed by atoms with E-state index in [0.29, 0.717) is 0 Å². The van der Waals surface area contributed by atoms with Crippen molar-refractivity contribution in [1.29, 1.82) is 0 Å². The van der Waals surface area contributed by atoms with Gasteiger partial charge in [0.15, 0.2) is 6.29 Å². The molecule has 3 N–H and O–H groups in total. The van der Waals surface area contributed by atoms with Crippen LogP contribution in [0.2, 0.25) is 0 Å². The molecule has 0 bridgehead atoms. The predicted molar refractivity (Wildman–Crippen MR) is 56.8 cm³/mol. The van der Waals surface area contributed by atoms with Crippen molar-refractivity contribution in [1.82, 2.24) is 0 Å². The van der Waals surface area contributed by atoms with Gasteiger partial charge in [-0.2, -0.15) is 12.6 Å². The topological polar surface area (TPSA) is 79.2 Å². The summed E-state index contributed by atoms with van der Waals surface area (Å²) < 4.78 is 10.7. The predicted octanol–water partition coefficient (Wildman–Crippen LogP) is -0.851. The van der Waals surface area contributed by atoms with E-state index in [4.69, 9.17) is 14.6 Å². The Hall–Kier alpha value is 0.150. The van der Waals surface area contributed by atoms with E-state index < -0.39 is 29.9 Å². The van der Waals surface area contributed by atoms with Gasteiger partial charge in [0.1, 0.15) is 12.2 Å². The Morgan fingerprint density at radius 1 is 1.33 bits per heavy atom. The lowest BCUT2D eigenvalue weighted by Gasteiger charge is -2.40. The summed E-state index contributed by atoms with van der Waals surface area (Å²) in [6.45, 7) is 3.29. The molecule has 5 atom stereocenters. The van der Waals surface area contributed by atoms with Crippen molar-refractivity contribution in [3.63, 3.8) is 0 Å². The van der Waals surface area contributed by atoms with Crippen LogP contribution in [0.25, 0.3) is 0 Å². The lowest BCUT2D eigenvalue weighted by Crippen LogP contribution is -2.57. The minimum Gasteiger partial charge on any atom is -0.394 e. The Bertz CT molecular complexity index is 199. The van der Waals surface area contributed by atoms with E-state index in [1.165, 1.54) is 0 Å². The number of rotatable bonds is 3. The molecule has 0 aliphatic carbocycles. The summed E-state index contributed by atoms with van der Waals surface area (Å²) >= 11 is 4.12. The molecule has 1 aliphatic heterocycles. The number of aliphatic hydroxyl groups is 3. The van der Waals surface area contributed by atoms with Crippen molar-refractivity contribution in [2.75, 3.05) is 6.61 Å². The van der Waals surface area contributed by atoms with Gasteiger partial charge in [-0.15, -0.1) is 0 Å². The van der Waals surface area contributed by atoms with Crippen LogP contribution in [0.4, 0.5) is 0 Å². The normalized spacial score (nSPS) is 42.2. The molecule has 1 unspecified atom stereocenters. The van der Waals surface area contributed by atoms with Crippen LogP contribution in [0.3, 0.4) is 0 Å². The van der Waals surface area contributed by atoms with Crippen molar-refractivity contribution in [2.24, 2.45) is 0 Å². The molecule has 0 spiro atoms. The average Bonchev–Trinajstić information content (AvgIpc) is 2.18. The second kappa shape index (κ2) is 5.47. The summed E-state index contributed by atoms with van der Waals surface area (Å²) in [6, 6.07) is 0. The van der Waals surface area contributed by atoms with E-state index in [1.54, 1.807) is 0 Å². The third-order valence-electron chi connectivity index (χ3n) is 2.25. The minimum absolute atomic E-state index is 0.0774. The molecule has 6 heteroatoms. The van der Waals surface area contributed by atoms with Crippen molar-refractivity contribution in [3.05, 3.63) is 0 Å². The summed E-state index contributed by atoms with van der Waals surface area (Å²) in [5, 5.41) is 27.5. The van der Waals surface area contributed by atoms with E-state index in [9.17, 15) is 10.2 Å². The monoisotopic (exact) mass is 238 g/mol. The number of thiol groups is 1. The Kier molecular flexibility index (Phi) is 4.82. The van der Waals surface area contributed by atoms with Crippen LogP contribution in [0.1, 0.15) is 13.8 Å². The molecule has 1 heterocycles. The van der Waals surface area contributed by atoms with Crippen LogP contribution < -0.4 is 0 Å². The molecule has 1 aliphatic rings. The molecule has 1 saturated heterocycles. The van der Waals surface area contributed by atoms with Gasteiger partial charge >= 0.3 is 0 Å². The molecule has 5 nitrogen and oxygen atoms in total. The van der Waals surface area contributed by atoms with E-state index in [-0.39, 0.29) is 12.7 Å². The second-order valence-electron chi connectivity index (χ2n) is 3.88. The molecule has 0 aromatic carbocycles. The molecule has 0 saturated carbocycles. The highest BCUT2D eigenvalue weighted by Crippen LogP contribution is 2.26. The molecule has 1 fully saturated rings. The summed E-state index contributed by atoms with van der Waals surface area (Å²) in [7, 11) is 0. The summed E-state index contributed by atoms with van der Waals surface area (Å²) in [5.41, 5.74) is 0. The van der Waals surface area contributed by atoms with Crippen LogP contribution in [-0.2, 0) is 9.47 Å². The highest BCUT2D eigenvalue weighted by molar-refractivity contribution is 7.81. The van der Waals surface area contributed by atoms with Gasteiger partial charge in [0.05, 0.1) is 24.1 Å². The molecule has 90 valence electrons. The number of hydrogen-bond donors (Lipinski definition) is 4. The molecular weight excluding hydrogens is 220 g/mol. The second-order valence-corrected chi connectivity index (χ2v) is 4.48. The van der Waals surface area contributed by atoms with Crippen LogP contribution in [0, 0.1) is 0 Å². The third kappa shape index (κ3) is 3.05.